The minimum absolute atomic E-state index is 0.101. The van der Waals surface area contributed by atoms with Crippen LogP contribution in [-0.2, 0) is 16.1 Å². The molecule has 1 aliphatic rings. The Kier molecular flexibility index (Phi) is 5.87. The van der Waals surface area contributed by atoms with Crippen molar-refractivity contribution in [2.45, 2.75) is 53.2 Å². The summed E-state index contributed by atoms with van der Waals surface area (Å²) in [5.41, 5.74) is 1.62. The predicted octanol–water partition coefficient (Wildman–Crippen LogP) is 2.82. The van der Waals surface area contributed by atoms with Crippen LogP contribution in [0.5, 0.6) is 0 Å². The maximum absolute atomic E-state index is 12.4. The average Bonchev–Trinajstić information content (AvgIpc) is 2.73. The molecule has 22 heavy (non-hydrogen) atoms. The summed E-state index contributed by atoms with van der Waals surface area (Å²) in [4.78, 5) is 14.3. The van der Waals surface area contributed by atoms with E-state index in [1.54, 1.807) is 4.68 Å². The van der Waals surface area contributed by atoms with Crippen LogP contribution < -0.4 is 0 Å². The molecule has 1 saturated heterocycles. The molecule has 5 nitrogen and oxygen atoms in total. The fourth-order valence-corrected chi connectivity index (χ4v) is 2.79. The van der Waals surface area contributed by atoms with Crippen LogP contribution in [0, 0.1) is 19.8 Å². The van der Waals surface area contributed by atoms with Crippen molar-refractivity contribution in [1.29, 1.82) is 0 Å². The molecule has 1 fully saturated rings. The van der Waals surface area contributed by atoms with Crippen LogP contribution in [0.1, 0.15) is 38.1 Å². The fraction of sp³-hybridized carbons (Fsp3) is 0.750. The summed E-state index contributed by atoms with van der Waals surface area (Å²) < 4.78 is 7.55. The lowest BCUT2D eigenvalue weighted by molar-refractivity contribution is -0.134. The van der Waals surface area contributed by atoms with E-state index in [2.05, 4.69) is 18.9 Å². The third kappa shape index (κ3) is 4.23. The first-order valence-corrected chi connectivity index (χ1v) is 8.35. The zero-order valence-electron chi connectivity index (χ0n) is 13.9. The molecule has 124 valence electrons. The van der Waals surface area contributed by atoms with Crippen molar-refractivity contribution >= 4 is 17.5 Å². The Bertz CT molecular complexity index is 520. The van der Waals surface area contributed by atoms with Gasteiger partial charge in [-0.15, -0.1) is 0 Å². The molecule has 0 saturated carbocycles. The van der Waals surface area contributed by atoms with Crippen LogP contribution in [0.3, 0.4) is 0 Å². The molecule has 0 spiro atoms. The van der Waals surface area contributed by atoms with Gasteiger partial charge in [-0.25, -0.2) is 0 Å². The molecule has 1 amide bonds. The molecule has 0 unspecified atom stereocenters. The van der Waals surface area contributed by atoms with Gasteiger partial charge in [-0.1, -0.05) is 25.4 Å². The number of ether oxygens (including phenoxy) is 1. The molecular formula is C16H26ClN3O2. The van der Waals surface area contributed by atoms with E-state index in [1.807, 2.05) is 18.7 Å². The zero-order valence-corrected chi connectivity index (χ0v) is 14.7. The van der Waals surface area contributed by atoms with Crippen LogP contribution in [0.2, 0.25) is 5.02 Å². The molecule has 0 atom stereocenters. The first-order valence-electron chi connectivity index (χ1n) is 7.97. The van der Waals surface area contributed by atoms with E-state index in [-0.39, 0.29) is 18.6 Å². The summed E-state index contributed by atoms with van der Waals surface area (Å²) in [5, 5.41) is 4.97. The van der Waals surface area contributed by atoms with Gasteiger partial charge in [0.2, 0.25) is 5.91 Å². The molecule has 1 aromatic heterocycles. The Hall–Kier alpha value is -1.07. The van der Waals surface area contributed by atoms with Gasteiger partial charge in [0, 0.05) is 19.7 Å². The third-order valence-corrected chi connectivity index (χ3v) is 4.59. The second-order valence-electron chi connectivity index (χ2n) is 6.45. The Morgan fingerprint density at radius 2 is 2.00 bits per heavy atom. The van der Waals surface area contributed by atoms with Crippen molar-refractivity contribution < 1.29 is 9.53 Å². The van der Waals surface area contributed by atoms with Crippen LogP contribution in [0.4, 0.5) is 0 Å². The molecule has 2 heterocycles. The Balaban J connectivity index is 1.83. The lowest BCUT2D eigenvalue weighted by atomic mass is 10.1. The molecule has 2 rings (SSSR count). The third-order valence-electron chi connectivity index (χ3n) is 4.04. The van der Waals surface area contributed by atoms with E-state index < -0.39 is 0 Å². The van der Waals surface area contributed by atoms with Crippen LogP contribution in [-0.4, -0.2) is 46.4 Å². The number of nitrogens with zero attached hydrogens (tertiary/aromatic N) is 3. The first-order chi connectivity index (χ1) is 10.4. The summed E-state index contributed by atoms with van der Waals surface area (Å²) in [5.74, 6) is 0.653. The summed E-state index contributed by atoms with van der Waals surface area (Å²) >= 11 is 6.12. The average molecular weight is 328 g/mol. The number of carbonyl (C=O) groups is 1. The quantitative estimate of drug-likeness (QED) is 0.835. The summed E-state index contributed by atoms with van der Waals surface area (Å²) in [6.07, 6.45) is 2.11. The molecule has 1 aromatic rings. The topological polar surface area (TPSA) is 47.4 Å². The number of hydrogen-bond acceptors (Lipinski definition) is 3. The number of halogens is 1. The number of amides is 1. The van der Waals surface area contributed by atoms with Crippen LogP contribution >= 0.6 is 11.6 Å². The van der Waals surface area contributed by atoms with Crippen LogP contribution in [0.25, 0.3) is 0 Å². The lowest BCUT2D eigenvalue weighted by Gasteiger charge is -2.32. The number of aryl methyl sites for hydroxylation is 1. The summed E-state index contributed by atoms with van der Waals surface area (Å²) in [6, 6.07) is 0. The second kappa shape index (κ2) is 7.47. The number of carbonyl (C=O) groups excluding carboxylic acids is 1. The number of piperidine rings is 1. The van der Waals surface area contributed by atoms with Gasteiger partial charge < -0.3 is 9.64 Å². The van der Waals surface area contributed by atoms with Gasteiger partial charge in [0.25, 0.3) is 0 Å². The standard InChI is InChI=1S/C16H26ClN3O2/c1-11(2)10-22-14-5-7-19(8-6-14)15(21)9-20-13(4)16(17)12(3)18-20/h11,14H,5-10H2,1-4H3. The number of rotatable bonds is 5. The van der Waals surface area contributed by atoms with Crippen molar-refractivity contribution in [2.24, 2.45) is 5.92 Å². The molecule has 1 aliphatic heterocycles. The first kappa shape index (κ1) is 17.3. The van der Waals surface area contributed by atoms with Gasteiger partial charge in [-0.05, 0) is 32.6 Å². The second-order valence-corrected chi connectivity index (χ2v) is 6.83. The Labute approximate surface area is 137 Å². The van der Waals surface area contributed by atoms with Gasteiger partial charge in [-0.3, -0.25) is 9.48 Å². The molecule has 0 aromatic carbocycles. The number of aromatic nitrogens is 2. The maximum atomic E-state index is 12.4. The SMILES string of the molecule is Cc1nn(CC(=O)N2CCC(OCC(C)C)CC2)c(C)c1Cl. The highest BCUT2D eigenvalue weighted by Crippen LogP contribution is 2.20. The van der Waals surface area contributed by atoms with Crippen molar-refractivity contribution in [3.63, 3.8) is 0 Å². The van der Waals surface area contributed by atoms with E-state index in [4.69, 9.17) is 16.3 Å². The lowest BCUT2D eigenvalue weighted by Crippen LogP contribution is -2.42. The minimum atomic E-state index is 0.101. The Morgan fingerprint density at radius 3 is 2.50 bits per heavy atom. The van der Waals surface area contributed by atoms with Gasteiger partial charge in [0.1, 0.15) is 6.54 Å². The number of likely N-dealkylation sites (tertiary alicyclic amines) is 1. The Morgan fingerprint density at radius 1 is 1.36 bits per heavy atom. The van der Waals surface area contributed by atoms with Crippen molar-refractivity contribution in [1.82, 2.24) is 14.7 Å². The number of hydrogen-bond donors (Lipinski definition) is 0. The van der Waals surface area contributed by atoms with Crippen molar-refractivity contribution in [3.8, 4) is 0 Å². The van der Waals surface area contributed by atoms with E-state index in [0.29, 0.717) is 10.9 Å². The van der Waals surface area contributed by atoms with Crippen LogP contribution in [0.15, 0.2) is 0 Å². The highest BCUT2D eigenvalue weighted by atomic mass is 35.5. The fourth-order valence-electron chi connectivity index (χ4n) is 2.66. The van der Waals surface area contributed by atoms with Gasteiger partial charge >= 0.3 is 0 Å². The molecular weight excluding hydrogens is 302 g/mol. The predicted molar refractivity (Wildman–Crippen MR) is 87.1 cm³/mol. The normalized spacial score (nSPS) is 16.5. The van der Waals surface area contributed by atoms with E-state index >= 15 is 0 Å². The molecule has 0 aliphatic carbocycles. The molecule has 0 N–H and O–H groups in total. The monoisotopic (exact) mass is 327 g/mol. The highest BCUT2D eigenvalue weighted by molar-refractivity contribution is 6.31. The molecule has 0 bridgehead atoms. The van der Waals surface area contributed by atoms with Gasteiger partial charge in [0.15, 0.2) is 0 Å². The van der Waals surface area contributed by atoms with E-state index in [0.717, 1.165) is 43.9 Å². The summed E-state index contributed by atoms with van der Waals surface area (Å²) in [6.45, 7) is 10.6. The van der Waals surface area contributed by atoms with Gasteiger partial charge in [0.05, 0.1) is 22.5 Å². The van der Waals surface area contributed by atoms with Crippen molar-refractivity contribution in [3.05, 3.63) is 16.4 Å². The van der Waals surface area contributed by atoms with Crippen molar-refractivity contribution in [2.75, 3.05) is 19.7 Å². The minimum Gasteiger partial charge on any atom is -0.378 e. The van der Waals surface area contributed by atoms with E-state index in [9.17, 15) is 4.79 Å². The van der Waals surface area contributed by atoms with E-state index in [1.165, 1.54) is 0 Å². The maximum Gasteiger partial charge on any atom is 0.244 e. The largest absolute Gasteiger partial charge is 0.378 e. The zero-order chi connectivity index (χ0) is 16.3. The smallest absolute Gasteiger partial charge is 0.244 e. The summed E-state index contributed by atoms with van der Waals surface area (Å²) in [7, 11) is 0. The molecule has 0 radical (unpaired) electrons. The molecule has 6 heteroatoms. The highest BCUT2D eigenvalue weighted by Gasteiger charge is 2.24. The van der Waals surface area contributed by atoms with Gasteiger partial charge in [-0.2, -0.15) is 5.10 Å².